The third-order valence-electron chi connectivity index (χ3n) is 2.03. The van der Waals surface area contributed by atoms with E-state index in [0.29, 0.717) is 0 Å². The predicted octanol–water partition coefficient (Wildman–Crippen LogP) is 1.54. The van der Waals surface area contributed by atoms with Crippen molar-refractivity contribution < 1.29 is 22.7 Å². The molecule has 0 fully saturated rings. The van der Waals surface area contributed by atoms with Gasteiger partial charge in [0.2, 0.25) is 0 Å². The Bertz CT molecular complexity index is 550. The maximum absolute atomic E-state index is 11.5. The van der Waals surface area contributed by atoms with Gasteiger partial charge in [0.25, 0.3) is 0 Å². The minimum Gasteiger partial charge on any atom is -0.494 e. The van der Waals surface area contributed by atoms with E-state index in [2.05, 4.69) is 4.74 Å². The average Bonchev–Trinajstić information content (AvgIpc) is 2.25. The highest BCUT2D eigenvalue weighted by atomic mass is 35.5. The Hall–Kier alpha value is -1.27. The van der Waals surface area contributed by atoms with Crippen LogP contribution in [0.15, 0.2) is 17.0 Å². The first-order valence-electron chi connectivity index (χ1n) is 4.47. The molecule has 1 rings (SSSR count). The summed E-state index contributed by atoms with van der Waals surface area (Å²) in [6, 6.07) is 2.47. The van der Waals surface area contributed by atoms with E-state index in [-0.39, 0.29) is 21.2 Å². The van der Waals surface area contributed by atoms with Crippen molar-refractivity contribution in [3.8, 4) is 5.75 Å². The number of hydrogen-bond donors (Lipinski definition) is 0. The number of benzene rings is 1. The first kappa shape index (κ1) is 13.8. The Labute approximate surface area is 104 Å². The molecule has 5 nitrogen and oxygen atoms in total. The fourth-order valence-corrected chi connectivity index (χ4v) is 2.50. The van der Waals surface area contributed by atoms with Crippen LogP contribution in [0.25, 0.3) is 0 Å². The van der Waals surface area contributed by atoms with Gasteiger partial charge in [0.05, 0.1) is 24.8 Å². The van der Waals surface area contributed by atoms with Gasteiger partial charge in [-0.3, -0.25) is 0 Å². The van der Waals surface area contributed by atoms with Crippen LogP contribution < -0.4 is 4.74 Å². The number of ether oxygens (including phenoxy) is 2. The smallest absolute Gasteiger partial charge is 0.337 e. The highest BCUT2D eigenvalue weighted by Crippen LogP contribution is 2.33. The molecule has 0 aromatic heterocycles. The molecule has 0 aliphatic rings. The number of carbonyl (C=O) groups is 1. The second-order valence-corrected chi connectivity index (χ2v) is 5.64. The lowest BCUT2D eigenvalue weighted by molar-refractivity contribution is 0.0600. The van der Waals surface area contributed by atoms with E-state index in [9.17, 15) is 13.2 Å². The summed E-state index contributed by atoms with van der Waals surface area (Å²) in [6.45, 7) is 0. The molecule has 0 saturated heterocycles. The quantitative estimate of drug-likeness (QED) is 0.785. The number of esters is 1. The highest BCUT2D eigenvalue weighted by Gasteiger charge is 2.21. The summed E-state index contributed by atoms with van der Waals surface area (Å²) in [5.74, 6) is -0.652. The first-order valence-corrected chi connectivity index (χ1v) is 6.74. The van der Waals surface area contributed by atoms with Crippen molar-refractivity contribution >= 4 is 27.4 Å². The van der Waals surface area contributed by atoms with E-state index < -0.39 is 15.8 Å². The molecule has 94 valence electrons. The molecule has 0 N–H and O–H groups in total. The topological polar surface area (TPSA) is 69.7 Å². The van der Waals surface area contributed by atoms with Crippen molar-refractivity contribution in [1.82, 2.24) is 0 Å². The van der Waals surface area contributed by atoms with Crippen molar-refractivity contribution in [1.29, 1.82) is 0 Å². The molecular weight excluding hydrogens is 268 g/mol. The van der Waals surface area contributed by atoms with Crippen LogP contribution in [0.1, 0.15) is 10.4 Å². The minimum absolute atomic E-state index is 0.0156. The second-order valence-electron chi connectivity index (χ2n) is 3.25. The summed E-state index contributed by atoms with van der Waals surface area (Å²) in [7, 11) is -1.06. The van der Waals surface area contributed by atoms with Gasteiger partial charge < -0.3 is 9.47 Å². The Balaban J connectivity index is 3.56. The van der Waals surface area contributed by atoms with Gasteiger partial charge in [0.15, 0.2) is 15.6 Å². The van der Waals surface area contributed by atoms with Gasteiger partial charge in [-0.2, -0.15) is 0 Å². The van der Waals surface area contributed by atoms with Crippen molar-refractivity contribution in [2.75, 3.05) is 20.5 Å². The number of halogens is 1. The van der Waals surface area contributed by atoms with Crippen molar-refractivity contribution in [3.05, 3.63) is 22.7 Å². The molecule has 0 spiro atoms. The summed E-state index contributed by atoms with van der Waals surface area (Å²) in [5, 5.41) is 0.0378. The van der Waals surface area contributed by atoms with E-state index in [4.69, 9.17) is 16.3 Å². The van der Waals surface area contributed by atoms with Crippen LogP contribution in [0.2, 0.25) is 5.02 Å². The Morgan fingerprint density at radius 1 is 1.29 bits per heavy atom. The van der Waals surface area contributed by atoms with Gasteiger partial charge in [0.1, 0.15) is 4.90 Å². The lowest BCUT2D eigenvalue weighted by Crippen LogP contribution is -2.07. The fourth-order valence-electron chi connectivity index (χ4n) is 1.28. The molecule has 0 aliphatic heterocycles. The zero-order chi connectivity index (χ0) is 13.2. The van der Waals surface area contributed by atoms with Crippen molar-refractivity contribution in [3.63, 3.8) is 0 Å². The van der Waals surface area contributed by atoms with Crippen molar-refractivity contribution in [2.24, 2.45) is 0 Å². The highest BCUT2D eigenvalue weighted by molar-refractivity contribution is 7.90. The third-order valence-corrected chi connectivity index (χ3v) is 3.42. The minimum atomic E-state index is -3.55. The molecule has 1 aromatic carbocycles. The largest absolute Gasteiger partial charge is 0.494 e. The number of methoxy groups -OCH3 is 2. The second kappa shape index (κ2) is 4.93. The fraction of sp³-hybridized carbons (Fsp3) is 0.300. The maximum atomic E-state index is 11.5. The molecular formula is C10H11ClO5S. The SMILES string of the molecule is COC(=O)c1cc(Cl)c(OC)c(S(C)(=O)=O)c1. The third kappa shape index (κ3) is 2.89. The molecule has 0 aliphatic carbocycles. The monoisotopic (exact) mass is 278 g/mol. The maximum Gasteiger partial charge on any atom is 0.337 e. The summed E-state index contributed by atoms with van der Waals surface area (Å²) < 4.78 is 32.5. The van der Waals surface area contributed by atoms with E-state index in [1.807, 2.05) is 0 Å². The van der Waals surface area contributed by atoms with Crippen LogP contribution in [0.5, 0.6) is 5.75 Å². The predicted molar refractivity (Wildman–Crippen MR) is 62.5 cm³/mol. The van der Waals surface area contributed by atoms with E-state index >= 15 is 0 Å². The summed E-state index contributed by atoms with van der Waals surface area (Å²) in [5.41, 5.74) is 0.0544. The van der Waals surface area contributed by atoms with Crippen LogP contribution in [0.3, 0.4) is 0 Å². The molecule has 0 bridgehead atoms. The molecule has 0 saturated carbocycles. The molecule has 0 amide bonds. The van der Waals surface area contributed by atoms with E-state index in [1.165, 1.54) is 26.4 Å². The first-order chi connectivity index (χ1) is 7.81. The van der Waals surface area contributed by atoms with Crippen molar-refractivity contribution in [2.45, 2.75) is 4.90 Å². The lowest BCUT2D eigenvalue weighted by Gasteiger charge is -2.10. The molecule has 0 atom stereocenters. The van der Waals surface area contributed by atoms with Crippen LogP contribution in [-0.2, 0) is 14.6 Å². The molecule has 17 heavy (non-hydrogen) atoms. The normalized spacial score (nSPS) is 11.1. The van der Waals surface area contributed by atoms with E-state index in [0.717, 1.165) is 6.26 Å². The standard InChI is InChI=1S/C10H11ClO5S/c1-15-9-7(11)4-6(10(12)16-2)5-8(9)17(3,13)14/h4-5H,1-3H3. The van der Waals surface area contributed by atoms with Gasteiger partial charge >= 0.3 is 5.97 Å². The molecule has 1 aromatic rings. The molecule has 7 heteroatoms. The van der Waals surface area contributed by atoms with Crippen LogP contribution in [0.4, 0.5) is 0 Å². The average molecular weight is 279 g/mol. The van der Waals surface area contributed by atoms with Gasteiger partial charge in [-0.15, -0.1) is 0 Å². The molecule has 0 radical (unpaired) electrons. The lowest BCUT2D eigenvalue weighted by atomic mass is 10.2. The Morgan fingerprint density at radius 2 is 1.88 bits per heavy atom. The van der Waals surface area contributed by atoms with Crippen LogP contribution >= 0.6 is 11.6 Å². The molecule has 0 unspecified atom stereocenters. The number of rotatable bonds is 3. The summed E-state index contributed by atoms with van der Waals surface area (Å²) in [4.78, 5) is 11.2. The van der Waals surface area contributed by atoms with Gasteiger partial charge in [-0.1, -0.05) is 11.6 Å². The van der Waals surface area contributed by atoms with E-state index in [1.54, 1.807) is 0 Å². The Kier molecular flexibility index (Phi) is 4.00. The zero-order valence-corrected chi connectivity index (χ0v) is 11.1. The number of hydrogen-bond acceptors (Lipinski definition) is 5. The van der Waals surface area contributed by atoms with Gasteiger partial charge in [-0.05, 0) is 12.1 Å². The number of carbonyl (C=O) groups excluding carboxylic acids is 1. The van der Waals surface area contributed by atoms with Crippen LogP contribution in [-0.4, -0.2) is 34.9 Å². The summed E-state index contributed by atoms with van der Waals surface area (Å²) >= 11 is 5.84. The summed E-state index contributed by atoms with van der Waals surface area (Å²) in [6.07, 6.45) is 1.00. The van der Waals surface area contributed by atoms with Gasteiger partial charge in [-0.25, -0.2) is 13.2 Å². The Morgan fingerprint density at radius 3 is 2.29 bits per heavy atom. The number of sulfone groups is 1. The van der Waals surface area contributed by atoms with Gasteiger partial charge in [0, 0.05) is 6.26 Å². The molecule has 0 heterocycles. The zero-order valence-electron chi connectivity index (χ0n) is 9.48. The van der Waals surface area contributed by atoms with Crippen LogP contribution in [0, 0.1) is 0 Å².